The lowest BCUT2D eigenvalue weighted by Crippen LogP contribution is -2.13. The number of carbonyl (C=O) groups is 1. The Morgan fingerprint density at radius 1 is 1.14 bits per heavy atom. The number of fused-ring (bicyclic) bond motifs is 1. The maximum absolute atomic E-state index is 12.5. The zero-order chi connectivity index (χ0) is 14.8. The second-order valence-corrected chi connectivity index (χ2v) is 5.67. The number of nitrogens with one attached hydrogen (secondary N) is 1. The standard InChI is InChI=1S/C17H13BrN2O/c1-11-7-8-14(18)16(10-11)20-17(21)13-4-2-6-15-12(13)5-3-9-19-15/h2-10H,1H3,(H,20,21). The monoisotopic (exact) mass is 340 g/mol. The zero-order valence-electron chi connectivity index (χ0n) is 11.4. The van der Waals surface area contributed by atoms with Gasteiger partial charge in [-0.05, 0) is 58.7 Å². The van der Waals surface area contributed by atoms with Gasteiger partial charge in [0.15, 0.2) is 0 Å². The Bertz CT molecular complexity index is 825. The Kier molecular flexibility index (Phi) is 3.71. The highest BCUT2D eigenvalue weighted by atomic mass is 79.9. The summed E-state index contributed by atoms with van der Waals surface area (Å²) in [6.07, 6.45) is 1.72. The molecule has 4 heteroatoms. The summed E-state index contributed by atoms with van der Waals surface area (Å²) >= 11 is 3.45. The van der Waals surface area contributed by atoms with Crippen LogP contribution in [-0.2, 0) is 0 Å². The highest BCUT2D eigenvalue weighted by Crippen LogP contribution is 2.25. The van der Waals surface area contributed by atoms with E-state index in [0.29, 0.717) is 5.56 Å². The Hall–Kier alpha value is -2.20. The predicted octanol–water partition coefficient (Wildman–Crippen LogP) is 4.56. The van der Waals surface area contributed by atoms with Crippen LogP contribution in [0.2, 0.25) is 0 Å². The number of aryl methyl sites for hydroxylation is 1. The smallest absolute Gasteiger partial charge is 0.256 e. The number of amides is 1. The molecule has 0 saturated carbocycles. The van der Waals surface area contributed by atoms with Gasteiger partial charge in [-0.15, -0.1) is 0 Å². The number of carbonyl (C=O) groups excluding carboxylic acids is 1. The molecular weight excluding hydrogens is 328 g/mol. The van der Waals surface area contributed by atoms with E-state index < -0.39 is 0 Å². The number of rotatable bonds is 2. The van der Waals surface area contributed by atoms with E-state index in [1.165, 1.54) is 0 Å². The van der Waals surface area contributed by atoms with Gasteiger partial charge < -0.3 is 5.32 Å². The van der Waals surface area contributed by atoms with Crippen molar-refractivity contribution in [2.75, 3.05) is 5.32 Å². The summed E-state index contributed by atoms with van der Waals surface area (Å²) < 4.78 is 0.861. The molecule has 1 amide bonds. The van der Waals surface area contributed by atoms with Gasteiger partial charge >= 0.3 is 0 Å². The molecular formula is C17H13BrN2O. The van der Waals surface area contributed by atoms with Crippen molar-refractivity contribution in [2.24, 2.45) is 0 Å². The van der Waals surface area contributed by atoms with Gasteiger partial charge in [-0.2, -0.15) is 0 Å². The van der Waals surface area contributed by atoms with Gasteiger partial charge in [0.05, 0.1) is 11.2 Å². The number of aromatic nitrogens is 1. The fourth-order valence-electron chi connectivity index (χ4n) is 2.23. The summed E-state index contributed by atoms with van der Waals surface area (Å²) in [5, 5.41) is 3.79. The number of halogens is 1. The Morgan fingerprint density at radius 3 is 2.86 bits per heavy atom. The van der Waals surface area contributed by atoms with Crippen LogP contribution in [0.5, 0.6) is 0 Å². The lowest BCUT2D eigenvalue weighted by atomic mass is 10.1. The molecule has 0 aliphatic rings. The first-order valence-electron chi connectivity index (χ1n) is 6.56. The van der Waals surface area contributed by atoms with Crippen LogP contribution in [0.4, 0.5) is 5.69 Å². The normalized spacial score (nSPS) is 10.6. The molecule has 0 unspecified atom stereocenters. The van der Waals surface area contributed by atoms with Crippen LogP contribution >= 0.6 is 15.9 Å². The van der Waals surface area contributed by atoms with Gasteiger partial charge in [0, 0.05) is 21.6 Å². The summed E-state index contributed by atoms with van der Waals surface area (Å²) in [5.74, 6) is -0.139. The molecule has 3 rings (SSSR count). The van der Waals surface area contributed by atoms with Crippen molar-refractivity contribution in [1.82, 2.24) is 4.98 Å². The number of benzene rings is 2. The summed E-state index contributed by atoms with van der Waals surface area (Å²) in [5.41, 5.74) is 3.29. The van der Waals surface area contributed by atoms with Crippen molar-refractivity contribution < 1.29 is 4.79 Å². The second kappa shape index (κ2) is 5.66. The first-order chi connectivity index (χ1) is 10.1. The van der Waals surface area contributed by atoms with Gasteiger partial charge in [0.2, 0.25) is 0 Å². The molecule has 0 radical (unpaired) electrons. The molecule has 104 valence electrons. The lowest BCUT2D eigenvalue weighted by molar-refractivity contribution is 0.102. The zero-order valence-corrected chi connectivity index (χ0v) is 13.0. The Morgan fingerprint density at radius 2 is 2.00 bits per heavy atom. The van der Waals surface area contributed by atoms with Crippen LogP contribution in [0.3, 0.4) is 0 Å². The second-order valence-electron chi connectivity index (χ2n) is 4.81. The minimum Gasteiger partial charge on any atom is -0.321 e. The van der Waals surface area contributed by atoms with E-state index in [1.807, 2.05) is 55.5 Å². The van der Waals surface area contributed by atoms with Crippen LogP contribution in [0.1, 0.15) is 15.9 Å². The van der Waals surface area contributed by atoms with Gasteiger partial charge in [-0.1, -0.05) is 18.2 Å². The Labute approximate surface area is 131 Å². The van der Waals surface area contributed by atoms with Gasteiger partial charge in [-0.25, -0.2) is 0 Å². The predicted molar refractivity (Wildman–Crippen MR) is 88.6 cm³/mol. The third-order valence-electron chi connectivity index (χ3n) is 3.26. The fraction of sp³-hybridized carbons (Fsp3) is 0.0588. The minimum atomic E-state index is -0.139. The summed E-state index contributed by atoms with van der Waals surface area (Å²) in [6, 6.07) is 15.1. The SMILES string of the molecule is Cc1ccc(Br)c(NC(=O)c2cccc3ncccc23)c1. The van der Waals surface area contributed by atoms with Crippen LogP contribution in [0.15, 0.2) is 59.2 Å². The molecule has 0 saturated heterocycles. The van der Waals surface area contributed by atoms with E-state index in [0.717, 1.165) is 26.6 Å². The molecule has 0 aliphatic carbocycles. The summed E-state index contributed by atoms with van der Waals surface area (Å²) in [4.78, 5) is 16.8. The van der Waals surface area contributed by atoms with Crippen LogP contribution in [0, 0.1) is 6.92 Å². The van der Waals surface area contributed by atoms with Gasteiger partial charge in [0.1, 0.15) is 0 Å². The first kappa shape index (κ1) is 13.8. The lowest BCUT2D eigenvalue weighted by Gasteiger charge is -2.10. The van der Waals surface area contributed by atoms with Crippen LogP contribution in [0.25, 0.3) is 10.9 Å². The van der Waals surface area contributed by atoms with E-state index in [4.69, 9.17) is 0 Å². The van der Waals surface area contributed by atoms with Crippen molar-refractivity contribution in [3.8, 4) is 0 Å². The van der Waals surface area contributed by atoms with E-state index in [-0.39, 0.29) is 5.91 Å². The number of anilines is 1. The Balaban J connectivity index is 1.99. The van der Waals surface area contributed by atoms with E-state index >= 15 is 0 Å². The fourth-order valence-corrected chi connectivity index (χ4v) is 2.57. The summed E-state index contributed by atoms with van der Waals surface area (Å²) in [7, 11) is 0. The van der Waals surface area contributed by atoms with Crippen molar-refractivity contribution in [3.63, 3.8) is 0 Å². The van der Waals surface area contributed by atoms with Crippen molar-refractivity contribution in [3.05, 3.63) is 70.3 Å². The van der Waals surface area contributed by atoms with Gasteiger partial charge in [-0.3, -0.25) is 9.78 Å². The highest BCUT2D eigenvalue weighted by Gasteiger charge is 2.11. The first-order valence-corrected chi connectivity index (χ1v) is 7.36. The maximum atomic E-state index is 12.5. The molecule has 0 spiro atoms. The topological polar surface area (TPSA) is 42.0 Å². The largest absolute Gasteiger partial charge is 0.321 e. The number of pyridine rings is 1. The molecule has 3 aromatic rings. The highest BCUT2D eigenvalue weighted by molar-refractivity contribution is 9.10. The van der Waals surface area contributed by atoms with Crippen molar-refractivity contribution >= 4 is 38.4 Å². The van der Waals surface area contributed by atoms with Crippen molar-refractivity contribution in [2.45, 2.75) is 6.92 Å². The molecule has 2 aromatic carbocycles. The molecule has 1 heterocycles. The third-order valence-corrected chi connectivity index (χ3v) is 3.95. The molecule has 1 aromatic heterocycles. The number of hydrogen-bond acceptors (Lipinski definition) is 2. The molecule has 0 fully saturated rings. The van der Waals surface area contributed by atoms with E-state index in [9.17, 15) is 4.79 Å². The van der Waals surface area contributed by atoms with Crippen LogP contribution in [-0.4, -0.2) is 10.9 Å². The maximum Gasteiger partial charge on any atom is 0.256 e. The van der Waals surface area contributed by atoms with Crippen molar-refractivity contribution in [1.29, 1.82) is 0 Å². The van der Waals surface area contributed by atoms with E-state index in [2.05, 4.69) is 26.2 Å². The molecule has 0 aliphatic heterocycles. The molecule has 3 nitrogen and oxygen atoms in total. The molecule has 21 heavy (non-hydrogen) atoms. The molecule has 0 bridgehead atoms. The number of nitrogens with zero attached hydrogens (tertiary/aromatic N) is 1. The van der Waals surface area contributed by atoms with E-state index in [1.54, 1.807) is 6.20 Å². The molecule has 0 atom stereocenters. The summed E-state index contributed by atoms with van der Waals surface area (Å²) in [6.45, 7) is 1.99. The average molecular weight is 341 g/mol. The number of hydrogen-bond donors (Lipinski definition) is 1. The third kappa shape index (κ3) is 2.81. The average Bonchev–Trinajstić information content (AvgIpc) is 2.50. The molecule has 1 N–H and O–H groups in total. The minimum absolute atomic E-state index is 0.139. The quantitative estimate of drug-likeness (QED) is 0.743. The van der Waals surface area contributed by atoms with Crippen LogP contribution < -0.4 is 5.32 Å². The van der Waals surface area contributed by atoms with Gasteiger partial charge in [0.25, 0.3) is 5.91 Å².